The van der Waals surface area contributed by atoms with E-state index >= 15 is 0 Å². The zero-order valence-corrected chi connectivity index (χ0v) is 20.1. The van der Waals surface area contributed by atoms with Crippen molar-refractivity contribution >= 4 is 62.8 Å². The Hall–Kier alpha value is -2.90. The third-order valence-electron chi connectivity index (χ3n) is 6.34. The SMILES string of the molecule is C[C@@H]1CCCCN1C(=O)Cn1cc(/C=C2\SC(=S)N(c3ccccc3)C2=O)c2ccccc21. The average molecular weight is 476 g/mol. The fourth-order valence-corrected chi connectivity index (χ4v) is 5.92. The van der Waals surface area contributed by atoms with Crippen LogP contribution in [0.1, 0.15) is 31.7 Å². The Labute approximate surface area is 203 Å². The van der Waals surface area contributed by atoms with Crippen molar-refractivity contribution in [2.75, 3.05) is 11.4 Å². The van der Waals surface area contributed by atoms with Crippen molar-refractivity contribution in [3.8, 4) is 0 Å². The van der Waals surface area contributed by atoms with Gasteiger partial charge in [0.2, 0.25) is 5.91 Å². The quantitative estimate of drug-likeness (QED) is 0.372. The number of carbonyl (C=O) groups excluding carboxylic acids is 2. The van der Waals surface area contributed by atoms with Gasteiger partial charge in [0.25, 0.3) is 5.91 Å². The van der Waals surface area contributed by atoms with E-state index in [0.717, 1.165) is 41.5 Å². The Morgan fingerprint density at radius 2 is 1.88 bits per heavy atom. The first kappa shape index (κ1) is 21.9. The highest BCUT2D eigenvalue weighted by atomic mass is 32.2. The van der Waals surface area contributed by atoms with Crippen LogP contribution in [0.4, 0.5) is 5.69 Å². The fraction of sp³-hybridized carbons (Fsp3) is 0.269. The van der Waals surface area contributed by atoms with Crippen molar-refractivity contribution in [2.24, 2.45) is 0 Å². The molecule has 0 radical (unpaired) electrons. The number of likely N-dealkylation sites (tertiary alicyclic amines) is 1. The fourth-order valence-electron chi connectivity index (χ4n) is 4.63. The highest BCUT2D eigenvalue weighted by molar-refractivity contribution is 8.27. The molecule has 0 N–H and O–H groups in total. The highest BCUT2D eigenvalue weighted by Crippen LogP contribution is 2.37. The van der Waals surface area contributed by atoms with Gasteiger partial charge in [0.05, 0.1) is 10.6 Å². The molecule has 2 aromatic carbocycles. The minimum Gasteiger partial charge on any atom is -0.338 e. The standard InChI is InChI=1S/C26H25N3O2S2/c1-18-9-7-8-14-28(18)24(30)17-27-16-19(21-12-5-6-13-22(21)27)15-23-25(31)29(26(32)33-23)20-10-3-2-4-11-20/h2-6,10-13,15-16,18H,7-9,14,17H2,1H3/b23-15-/t18-/m1/s1. The molecule has 3 aromatic rings. The maximum absolute atomic E-state index is 13.2. The molecule has 168 valence electrons. The lowest BCUT2D eigenvalue weighted by atomic mass is 10.0. The topological polar surface area (TPSA) is 45.6 Å². The second kappa shape index (κ2) is 9.15. The molecule has 2 saturated heterocycles. The predicted octanol–water partition coefficient (Wildman–Crippen LogP) is 5.45. The molecule has 3 heterocycles. The first-order valence-corrected chi connectivity index (χ1v) is 12.5. The van der Waals surface area contributed by atoms with E-state index in [-0.39, 0.29) is 17.9 Å². The molecule has 2 aliphatic heterocycles. The van der Waals surface area contributed by atoms with Crippen LogP contribution >= 0.6 is 24.0 Å². The van der Waals surface area contributed by atoms with E-state index in [0.29, 0.717) is 15.8 Å². The first-order valence-electron chi connectivity index (χ1n) is 11.2. The molecule has 5 nitrogen and oxygen atoms in total. The zero-order chi connectivity index (χ0) is 22.9. The molecule has 33 heavy (non-hydrogen) atoms. The normalized spacial score (nSPS) is 20.3. The monoisotopic (exact) mass is 475 g/mol. The van der Waals surface area contributed by atoms with E-state index in [9.17, 15) is 9.59 Å². The number of carbonyl (C=O) groups is 2. The van der Waals surface area contributed by atoms with Gasteiger partial charge in [-0.2, -0.15) is 0 Å². The summed E-state index contributed by atoms with van der Waals surface area (Å²) < 4.78 is 2.53. The number of rotatable bonds is 4. The average Bonchev–Trinajstić information content (AvgIpc) is 3.31. The summed E-state index contributed by atoms with van der Waals surface area (Å²) in [6, 6.07) is 17.8. The second-order valence-corrected chi connectivity index (χ2v) is 10.2. The molecule has 0 unspecified atom stereocenters. The summed E-state index contributed by atoms with van der Waals surface area (Å²) in [4.78, 5) is 30.4. The maximum atomic E-state index is 13.2. The molecule has 2 aliphatic rings. The van der Waals surface area contributed by atoms with Crippen LogP contribution in [-0.2, 0) is 16.1 Å². The van der Waals surface area contributed by atoms with Gasteiger partial charge in [-0.1, -0.05) is 60.4 Å². The maximum Gasteiger partial charge on any atom is 0.270 e. The number of amides is 2. The molecule has 2 fully saturated rings. The van der Waals surface area contributed by atoms with Gasteiger partial charge in [0, 0.05) is 35.2 Å². The predicted molar refractivity (Wildman–Crippen MR) is 139 cm³/mol. The first-order chi connectivity index (χ1) is 16.0. The third-order valence-corrected chi connectivity index (χ3v) is 7.65. The van der Waals surface area contributed by atoms with Gasteiger partial charge in [-0.05, 0) is 50.5 Å². The summed E-state index contributed by atoms with van der Waals surface area (Å²) in [5.74, 6) is 0.0242. The number of thioether (sulfide) groups is 1. The summed E-state index contributed by atoms with van der Waals surface area (Å²) >= 11 is 6.82. The Kier molecular flexibility index (Phi) is 6.08. The van der Waals surface area contributed by atoms with Crippen LogP contribution in [-0.4, -0.2) is 38.2 Å². The number of para-hydroxylation sites is 2. The van der Waals surface area contributed by atoms with Gasteiger partial charge < -0.3 is 9.47 Å². The number of aromatic nitrogens is 1. The molecule has 0 aliphatic carbocycles. The Morgan fingerprint density at radius 3 is 2.67 bits per heavy atom. The van der Waals surface area contributed by atoms with Gasteiger partial charge in [-0.15, -0.1) is 0 Å². The van der Waals surface area contributed by atoms with Gasteiger partial charge in [0.15, 0.2) is 4.32 Å². The number of anilines is 1. The minimum atomic E-state index is -0.119. The van der Waals surface area contributed by atoms with Crippen molar-refractivity contribution in [2.45, 2.75) is 38.8 Å². The van der Waals surface area contributed by atoms with E-state index in [1.807, 2.05) is 76.3 Å². The number of thiocarbonyl (C=S) groups is 1. The van der Waals surface area contributed by atoms with Gasteiger partial charge in [-0.3, -0.25) is 14.5 Å². The molecular formula is C26H25N3O2S2. The van der Waals surface area contributed by atoms with E-state index in [4.69, 9.17) is 12.2 Å². The van der Waals surface area contributed by atoms with Crippen molar-refractivity contribution < 1.29 is 9.59 Å². The van der Waals surface area contributed by atoms with Crippen LogP contribution in [0.2, 0.25) is 0 Å². The molecule has 5 rings (SSSR count). The lowest BCUT2D eigenvalue weighted by Crippen LogP contribution is -2.43. The Balaban J connectivity index is 1.46. The van der Waals surface area contributed by atoms with Gasteiger partial charge in [-0.25, -0.2) is 0 Å². The molecule has 7 heteroatoms. The van der Waals surface area contributed by atoms with E-state index < -0.39 is 0 Å². The van der Waals surface area contributed by atoms with Gasteiger partial charge >= 0.3 is 0 Å². The van der Waals surface area contributed by atoms with Crippen molar-refractivity contribution in [1.29, 1.82) is 0 Å². The summed E-state index contributed by atoms with van der Waals surface area (Å²) in [7, 11) is 0. The number of fused-ring (bicyclic) bond motifs is 1. The number of hydrogen-bond donors (Lipinski definition) is 0. The molecule has 2 amide bonds. The van der Waals surface area contributed by atoms with Crippen LogP contribution in [0.5, 0.6) is 0 Å². The highest BCUT2D eigenvalue weighted by Gasteiger charge is 2.33. The van der Waals surface area contributed by atoms with Crippen LogP contribution < -0.4 is 4.90 Å². The van der Waals surface area contributed by atoms with E-state index in [1.165, 1.54) is 18.2 Å². The molecule has 1 aromatic heterocycles. The molecule has 1 atom stereocenters. The largest absolute Gasteiger partial charge is 0.338 e. The lowest BCUT2D eigenvalue weighted by molar-refractivity contribution is -0.135. The van der Waals surface area contributed by atoms with Gasteiger partial charge in [0.1, 0.15) is 6.54 Å². The van der Waals surface area contributed by atoms with Crippen molar-refractivity contribution in [1.82, 2.24) is 9.47 Å². The van der Waals surface area contributed by atoms with Crippen molar-refractivity contribution in [3.05, 3.63) is 71.3 Å². The second-order valence-electron chi connectivity index (χ2n) is 8.51. The minimum absolute atomic E-state index is 0.119. The number of nitrogens with zero attached hydrogens (tertiary/aromatic N) is 3. The third kappa shape index (κ3) is 4.23. The number of hydrogen-bond acceptors (Lipinski definition) is 4. The smallest absolute Gasteiger partial charge is 0.270 e. The van der Waals surface area contributed by atoms with Crippen LogP contribution in [0.15, 0.2) is 65.7 Å². The Morgan fingerprint density at radius 1 is 1.12 bits per heavy atom. The summed E-state index contributed by atoms with van der Waals surface area (Å²) in [5.41, 5.74) is 2.67. The van der Waals surface area contributed by atoms with E-state index in [2.05, 4.69) is 6.92 Å². The number of piperidine rings is 1. The molecule has 0 saturated carbocycles. The summed E-state index contributed by atoms with van der Waals surface area (Å²) in [5, 5.41) is 1.02. The summed E-state index contributed by atoms with van der Waals surface area (Å²) in [6.45, 7) is 3.25. The number of benzene rings is 2. The summed E-state index contributed by atoms with van der Waals surface area (Å²) in [6.07, 6.45) is 7.19. The van der Waals surface area contributed by atoms with E-state index in [1.54, 1.807) is 4.90 Å². The zero-order valence-electron chi connectivity index (χ0n) is 18.4. The van der Waals surface area contributed by atoms with Crippen LogP contribution in [0, 0.1) is 0 Å². The van der Waals surface area contributed by atoms with Crippen LogP contribution in [0.3, 0.4) is 0 Å². The Bertz CT molecular complexity index is 1270. The molecule has 0 bridgehead atoms. The molecular weight excluding hydrogens is 450 g/mol. The lowest BCUT2D eigenvalue weighted by Gasteiger charge is -2.33. The van der Waals surface area contributed by atoms with Crippen LogP contribution in [0.25, 0.3) is 17.0 Å². The van der Waals surface area contributed by atoms with Crippen molar-refractivity contribution in [3.63, 3.8) is 0 Å². The molecule has 0 spiro atoms.